The number of aryl methyl sites for hydroxylation is 1. The first kappa shape index (κ1) is 13.4. The normalized spacial score (nSPS) is 25.8. The lowest BCUT2D eigenvalue weighted by molar-refractivity contribution is -0.122. The van der Waals surface area contributed by atoms with Crippen LogP contribution in [-0.4, -0.2) is 25.6 Å². The maximum absolute atomic E-state index is 11.2. The Hall–Kier alpha value is -1.55. The van der Waals surface area contributed by atoms with E-state index in [1.807, 2.05) is 6.07 Å². The second-order valence-corrected chi connectivity index (χ2v) is 5.72. The van der Waals surface area contributed by atoms with Gasteiger partial charge in [0.15, 0.2) is 0 Å². The van der Waals surface area contributed by atoms with Crippen LogP contribution in [0.25, 0.3) is 0 Å². The van der Waals surface area contributed by atoms with Crippen LogP contribution in [0.15, 0.2) is 18.2 Å². The Morgan fingerprint density at radius 2 is 2.20 bits per heavy atom. The van der Waals surface area contributed by atoms with Crippen molar-refractivity contribution in [3.05, 3.63) is 29.3 Å². The van der Waals surface area contributed by atoms with Gasteiger partial charge in [0.2, 0.25) is 5.91 Å². The smallest absolute Gasteiger partial charge is 0.220 e. The van der Waals surface area contributed by atoms with Crippen LogP contribution < -0.4 is 15.4 Å². The third-order valence-corrected chi connectivity index (χ3v) is 4.37. The molecule has 0 aromatic heterocycles. The lowest BCUT2D eigenvalue weighted by Crippen LogP contribution is -2.47. The summed E-state index contributed by atoms with van der Waals surface area (Å²) in [5.74, 6) is 1.10. The molecule has 1 aromatic carbocycles. The average Bonchev–Trinajstić information content (AvgIpc) is 2.49. The highest BCUT2D eigenvalue weighted by Gasteiger charge is 2.25. The SMILES string of the molecule is COc1ccc2c(c1)C(NC1CCC(=O)NC1)CCC2. The van der Waals surface area contributed by atoms with Crippen LogP contribution >= 0.6 is 0 Å². The first-order valence-electron chi connectivity index (χ1n) is 7.46. The van der Waals surface area contributed by atoms with Crippen LogP contribution in [0.1, 0.15) is 42.9 Å². The van der Waals surface area contributed by atoms with Gasteiger partial charge in [-0.3, -0.25) is 4.79 Å². The van der Waals surface area contributed by atoms with Crippen molar-refractivity contribution in [3.63, 3.8) is 0 Å². The molecular weight excluding hydrogens is 252 g/mol. The van der Waals surface area contributed by atoms with E-state index in [-0.39, 0.29) is 5.91 Å². The van der Waals surface area contributed by atoms with Crippen molar-refractivity contribution in [1.29, 1.82) is 0 Å². The number of methoxy groups -OCH3 is 1. The molecule has 4 heteroatoms. The molecule has 1 aliphatic carbocycles. The summed E-state index contributed by atoms with van der Waals surface area (Å²) in [6, 6.07) is 7.16. The Kier molecular flexibility index (Phi) is 3.92. The summed E-state index contributed by atoms with van der Waals surface area (Å²) in [4.78, 5) is 11.2. The molecule has 1 heterocycles. The van der Waals surface area contributed by atoms with Gasteiger partial charge < -0.3 is 15.4 Å². The van der Waals surface area contributed by atoms with Gasteiger partial charge in [0.05, 0.1) is 7.11 Å². The largest absolute Gasteiger partial charge is 0.497 e. The van der Waals surface area contributed by atoms with E-state index in [1.165, 1.54) is 17.5 Å². The van der Waals surface area contributed by atoms with Gasteiger partial charge in [-0.15, -0.1) is 0 Å². The van der Waals surface area contributed by atoms with Crippen molar-refractivity contribution in [3.8, 4) is 5.75 Å². The fourth-order valence-corrected chi connectivity index (χ4v) is 3.24. The van der Waals surface area contributed by atoms with Crippen molar-refractivity contribution < 1.29 is 9.53 Å². The molecule has 4 nitrogen and oxygen atoms in total. The van der Waals surface area contributed by atoms with E-state index in [0.29, 0.717) is 18.5 Å². The molecule has 2 N–H and O–H groups in total. The summed E-state index contributed by atoms with van der Waals surface area (Å²) in [5, 5.41) is 6.66. The maximum Gasteiger partial charge on any atom is 0.220 e. The molecule has 1 aromatic rings. The zero-order valence-corrected chi connectivity index (χ0v) is 11.9. The zero-order chi connectivity index (χ0) is 13.9. The van der Waals surface area contributed by atoms with Gasteiger partial charge in [-0.05, 0) is 48.9 Å². The lowest BCUT2D eigenvalue weighted by Gasteiger charge is -2.32. The molecule has 0 radical (unpaired) electrons. The van der Waals surface area contributed by atoms with Crippen molar-refractivity contribution >= 4 is 5.91 Å². The predicted molar refractivity (Wildman–Crippen MR) is 77.8 cm³/mol. The van der Waals surface area contributed by atoms with E-state index < -0.39 is 0 Å². The van der Waals surface area contributed by atoms with E-state index in [9.17, 15) is 4.79 Å². The van der Waals surface area contributed by atoms with Crippen molar-refractivity contribution in [2.45, 2.75) is 44.2 Å². The highest BCUT2D eigenvalue weighted by atomic mass is 16.5. The Balaban J connectivity index is 1.73. The molecule has 2 aliphatic rings. The van der Waals surface area contributed by atoms with Crippen LogP contribution in [0.2, 0.25) is 0 Å². The summed E-state index contributed by atoms with van der Waals surface area (Å²) in [6.45, 7) is 0.745. The molecule has 0 saturated carbocycles. The van der Waals surface area contributed by atoms with Crippen LogP contribution in [0.5, 0.6) is 5.75 Å². The Morgan fingerprint density at radius 3 is 2.95 bits per heavy atom. The van der Waals surface area contributed by atoms with Crippen LogP contribution in [0.3, 0.4) is 0 Å². The minimum absolute atomic E-state index is 0.175. The molecule has 2 unspecified atom stereocenters. The molecule has 1 fully saturated rings. The Morgan fingerprint density at radius 1 is 1.30 bits per heavy atom. The third-order valence-electron chi connectivity index (χ3n) is 4.37. The maximum atomic E-state index is 11.2. The first-order valence-corrected chi connectivity index (χ1v) is 7.46. The van der Waals surface area contributed by atoms with E-state index >= 15 is 0 Å². The number of benzene rings is 1. The van der Waals surface area contributed by atoms with Gasteiger partial charge in [-0.25, -0.2) is 0 Å². The molecule has 1 aliphatic heterocycles. The van der Waals surface area contributed by atoms with Crippen molar-refractivity contribution in [1.82, 2.24) is 10.6 Å². The first-order chi connectivity index (χ1) is 9.76. The Bertz CT molecular complexity index is 491. The van der Waals surface area contributed by atoms with Crippen LogP contribution in [-0.2, 0) is 11.2 Å². The molecule has 2 atom stereocenters. The quantitative estimate of drug-likeness (QED) is 0.885. The molecule has 0 bridgehead atoms. The fourth-order valence-electron chi connectivity index (χ4n) is 3.24. The van der Waals surface area contributed by atoms with Crippen molar-refractivity contribution in [2.24, 2.45) is 0 Å². The summed E-state index contributed by atoms with van der Waals surface area (Å²) >= 11 is 0. The number of hydrogen-bond acceptors (Lipinski definition) is 3. The van der Waals surface area contributed by atoms with Crippen LogP contribution in [0, 0.1) is 0 Å². The number of hydrogen-bond donors (Lipinski definition) is 2. The number of rotatable bonds is 3. The fraction of sp³-hybridized carbons (Fsp3) is 0.562. The van der Waals surface area contributed by atoms with E-state index in [4.69, 9.17) is 4.74 Å². The van der Waals surface area contributed by atoms with E-state index in [0.717, 1.165) is 31.6 Å². The van der Waals surface area contributed by atoms with Gasteiger partial charge in [0.25, 0.3) is 0 Å². The summed E-state index contributed by atoms with van der Waals surface area (Å²) < 4.78 is 5.35. The number of fused-ring (bicyclic) bond motifs is 1. The number of amides is 1. The van der Waals surface area contributed by atoms with Crippen molar-refractivity contribution in [2.75, 3.05) is 13.7 Å². The predicted octanol–water partition coefficient (Wildman–Crippen LogP) is 1.94. The second kappa shape index (κ2) is 5.83. The molecule has 3 rings (SSSR count). The molecule has 0 spiro atoms. The van der Waals surface area contributed by atoms with Gasteiger partial charge in [0, 0.05) is 25.0 Å². The number of carbonyl (C=O) groups is 1. The third kappa shape index (κ3) is 2.80. The van der Waals surface area contributed by atoms with Crippen LogP contribution in [0.4, 0.5) is 0 Å². The van der Waals surface area contributed by atoms with Gasteiger partial charge in [0.1, 0.15) is 5.75 Å². The van der Waals surface area contributed by atoms with Gasteiger partial charge in [-0.1, -0.05) is 6.07 Å². The summed E-state index contributed by atoms with van der Waals surface area (Å²) in [5.41, 5.74) is 2.79. The minimum atomic E-state index is 0.175. The molecule has 1 amide bonds. The number of carbonyl (C=O) groups excluding carboxylic acids is 1. The molecule has 20 heavy (non-hydrogen) atoms. The van der Waals surface area contributed by atoms with Gasteiger partial charge >= 0.3 is 0 Å². The van der Waals surface area contributed by atoms with E-state index in [2.05, 4.69) is 22.8 Å². The second-order valence-electron chi connectivity index (χ2n) is 5.72. The number of nitrogens with one attached hydrogen (secondary N) is 2. The van der Waals surface area contributed by atoms with E-state index in [1.54, 1.807) is 7.11 Å². The van der Waals surface area contributed by atoms with Gasteiger partial charge in [-0.2, -0.15) is 0 Å². The number of ether oxygens (including phenoxy) is 1. The highest BCUT2D eigenvalue weighted by molar-refractivity contribution is 5.76. The summed E-state index contributed by atoms with van der Waals surface area (Å²) in [7, 11) is 1.71. The molecule has 1 saturated heterocycles. The average molecular weight is 274 g/mol. The number of piperidine rings is 1. The lowest BCUT2D eigenvalue weighted by atomic mass is 9.86. The highest BCUT2D eigenvalue weighted by Crippen LogP contribution is 2.33. The summed E-state index contributed by atoms with van der Waals surface area (Å²) in [6.07, 6.45) is 5.09. The molecular formula is C16H22N2O2. The minimum Gasteiger partial charge on any atom is -0.497 e. The standard InChI is InChI=1S/C16H22N2O2/c1-20-13-7-5-11-3-2-4-15(14(11)9-13)18-12-6-8-16(19)17-10-12/h5,7,9,12,15,18H,2-4,6,8,10H2,1H3,(H,17,19). The topological polar surface area (TPSA) is 50.4 Å². The monoisotopic (exact) mass is 274 g/mol. The Labute approximate surface area is 119 Å². The molecule has 108 valence electrons. The zero-order valence-electron chi connectivity index (χ0n) is 11.9.